The average molecular weight is 266 g/mol. The molecule has 0 radical (unpaired) electrons. The van der Waals surface area contributed by atoms with Crippen LogP contribution >= 0.6 is 0 Å². The first kappa shape index (κ1) is 14.8. The van der Waals surface area contributed by atoms with Gasteiger partial charge in [-0.25, -0.2) is 0 Å². The predicted octanol–water partition coefficient (Wildman–Crippen LogP) is -0.345. The number of morpholine rings is 1. The molecule has 0 amide bonds. The number of nitrogens with zero attached hydrogens (tertiary/aromatic N) is 2. The summed E-state index contributed by atoms with van der Waals surface area (Å²) in [4.78, 5) is 0. The van der Waals surface area contributed by atoms with Gasteiger partial charge in [0.15, 0.2) is 0 Å². The van der Waals surface area contributed by atoms with Crippen LogP contribution in [0.25, 0.3) is 0 Å². The molecule has 0 bridgehead atoms. The molecular formula is C10H22N2O4S. The zero-order valence-corrected chi connectivity index (χ0v) is 11.5. The highest BCUT2D eigenvalue weighted by molar-refractivity contribution is 7.86. The zero-order valence-electron chi connectivity index (χ0n) is 10.7. The molecule has 102 valence electrons. The summed E-state index contributed by atoms with van der Waals surface area (Å²) in [6.07, 6.45) is 0.282. The van der Waals surface area contributed by atoms with Crippen molar-refractivity contribution in [2.45, 2.75) is 32.5 Å². The van der Waals surface area contributed by atoms with Gasteiger partial charge in [-0.1, -0.05) is 0 Å². The van der Waals surface area contributed by atoms with Crippen LogP contribution in [0.1, 0.15) is 20.3 Å². The van der Waals surface area contributed by atoms with Gasteiger partial charge in [-0.05, 0) is 20.3 Å². The quantitative estimate of drug-likeness (QED) is 0.739. The van der Waals surface area contributed by atoms with Gasteiger partial charge in [0.1, 0.15) is 0 Å². The third-order valence-electron chi connectivity index (χ3n) is 2.74. The highest BCUT2D eigenvalue weighted by Crippen LogP contribution is 2.16. The van der Waals surface area contributed by atoms with Crippen LogP contribution in [0, 0.1) is 0 Å². The Bertz CT molecular complexity index is 323. The standard InChI is InChI=1S/C10H22N2O4S/c1-9-7-12(8-10(2)16-9)17(14,15)11(3)5-4-6-13/h9-10,13H,4-8H2,1-3H3. The Hall–Kier alpha value is -0.210. The highest BCUT2D eigenvalue weighted by atomic mass is 32.2. The lowest BCUT2D eigenvalue weighted by Crippen LogP contribution is -2.52. The molecule has 1 rings (SSSR count). The first-order valence-corrected chi connectivity index (χ1v) is 7.25. The van der Waals surface area contributed by atoms with Crippen LogP contribution in [0.5, 0.6) is 0 Å². The molecule has 0 aromatic heterocycles. The SMILES string of the molecule is CC1CN(S(=O)(=O)N(C)CCCO)CC(C)O1. The smallest absolute Gasteiger partial charge is 0.281 e. The summed E-state index contributed by atoms with van der Waals surface area (Å²) in [6.45, 7) is 4.83. The average Bonchev–Trinajstić information content (AvgIpc) is 2.24. The van der Waals surface area contributed by atoms with Gasteiger partial charge in [0.25, 0.3) is 10.2 Å². The van der Waals surface area contributed by atoms with Gasteiger partial charge in [0, 0.05) is 33.3 Å². The topological polar surface area (TPSA) is 70.1 Å². The Labute approximate surface area is 103 Å². The molecule has 0 aromatic rings. The van der Waals surface area contributed by atoms with Crippen LogP contribution < -0.4 is 0 Å². The number of aliphatic hydroxyl groups excluding tert-OH is 1. The van der Waals surface area contributed by atoms with E-state index < -0.39 is 10.2 Å². The van der Waals surface area contributed by atoms with Crippen molar-refractivity contribution in [3.8, 4) is 0 Å². The number of rotatable bonds is 5. The molecule has 17 heavy (non-hydrogen) atoms. The Morgan fingerprint density at radius 2 is 1.88 bits per heavy atom. The predicted molar refractivity (Wildman–Crippen MR) is 64.8 cm³/mol. The van der Waals surface area contributed by atoms with E-state index in [0.717, 1.165) is 0 Å². The van der Waals surface area contributed by atoms with E-state index in [1.54, 1.807) is 0 Å². The minimum Gasteiger partial charge on any atom is -0.396 e. The van der Waals surface area contributed by atoms with Crippen molar-refractivity contribution < 1.29 is 18.3 Å². The molecule has 0 saturated carbocycles. The first-order chi connectivity index (χ1) is 7.87. The van der Waals surface area contributed by atoms with E-state index in [4.69, 9.17) is 9.84 Å². The molecule has 0 aromatic carbocycles. The molecule has 2 atom stereocenters. The molecule has 0 aliphatic carbocycles. The summed E-state index contributed by atoms with van der Waals surface area (Å²) in [5.74, 6) is 0. The van der Waals surface area contributed by atoms with Gasteiger partial charge in [-0.3, -0.25) is 0 Å². The van der Waals surface area contributed by atoms with Gasteiger partial charge in [-0.15, -0.1) is 0 Å². The van der Waals surface area contributed by atoms with Crippen LogP contribution in [0.3, 0.4) is 0 Å². The molecule has 1 N–H and O–H groups in total. The second-order valence-corrected chi connectivity index (χ2v) is 6.52. The van der Waals surface area contributed by atoms with Gasteiger partial charge >= 0.3 is 0 Å². The van der Waals surface area contributed by atoms with Gasteiger partial charge in [0.05, 0.1) is 12.2 Å². The van der Waals surface area contributed by atoms with E-state index in [2.05, 4.69) is 0 Å². The van der Waals surface area contributed by atoms with Crippen LogP contribution in [0.15, 0.2) is 0 Å². The van der Waals surface area contributed by atoms with E-state index in [-0.39, 0.29) is 18.8 Å². The molecule has 1 fully saturated rings. The largest absolute Gasteiger partial charge is 0.396 e. The fourth-order valence-electron chi connectivity index (χ4n) is 1.92. The van der Waals surface area contributed by atoms with Crippen LogP contribution in [0.4, 0.5) is 0 Å². The first-order valence-electron chi connectivity index (χ1n) is 5.85. The lowest BCUT2D eigenvalue weighted by Gasteiger charge is -2.36. The van der Waals surface area contributed by atoms with E-state index >= 15 is 0 Å². The van der Waals surface area contributed by atoms with E-state index in [1.807, 2.05) is 13.8 Å². The summed E-state index contributed by atoms with van der Waals surface area (Å²) >= 11 is 0. The van der Waals surface area contributed by atoms with Gasteiger partial charge < -0.3 is 9.84 Å². The number of hydrogen-bond acceptors (Lipinski definition) is 4. The van der Waals surface area contributed by atoms with E-state index in [9.17, 15) is 8.42 Å². The normalized spacial score (nSPS) is 27.6. The molecule has 7 heteroatoms. The molecular weight excluding hydrogens is 244 g/mol. The van der Waals surface area contributed by atoms with E-state index in [1.165, 1.54) is 15.7 Å². The van der Waals surface area contributed by atoms with Crippen molar-refractivity contribution >= 4 is 10.2 Å². The second kappa shape index (κ2) is 6.10. The number of aliphatic hydroxyl groups is 1. The van der Waals surface area contributed by atoms with Gasteiger partial charge in [-0.2, -0.15) is 17.0 Å². The van der Waals surface area contributed by atoms with Crippen molar-refractivity contribution in [1.29, 1.82) is 0 Å². The van der Waals surface area contributed by atoms with Crippen molar-refractivity contribution in [2.24, 2.45) is 0 Å². The summed E-state index contributed by atoms with van der Waals surface area (Å²) in [5, 5.41) is 8.72. The van der Waals surface area contributed by atoms with Crippen molar-refractivity contribution in [2.75, 3.05) is 33.3 Å². The summed E-state index contributed by atoms with van der Waals surface area (Å²) in [7, 11) is -1.89. The Kier molecular flexibility index (Phi) is 5.33. The van der Waals surface area contributed by atoms with Crippen molar-refractivity contribution in [3.63, 3.8) is 0 Å². The molecule has 6 nitrogen and oxygen atoms in total. The maximum Gasteiger partial charge on any atom is 0.281 e. The third kappa shape index (κ3) is 3.89. The fraction of sp³-hybridized carbons (Fsp3) is 1.00. The Morgan fingerprint density at radius 3 is 2.35 bits per heavy atom. The van der Waals surface area contributed by atoms with Crippen LogP contribution in [-0.2, 0) is 14.9 Å². The molecule has 2 unspecified atom stereocenters. The van der Waals surface area contributed by atoms with Gasteiger partial charge in [0.2, 0.25) is 0 Å². The third-order valence-corrected chi connectivity index (χ3v) is 4.66. The summed E-state index contributed by atoms with van der Waals surface area (Å²) in [5.41, 5.74) is 0. The molecule has 0 spiro atoms. The molecule has 1 aliphatic rings. The molecule has 1 aliphatic heterocycles. The molecule has 1 saturated heterocycles. The monoisotopic (exact) mass is 266 g/mol. The van der Waals surface area contributed by atoms with Crippen molar-refractivity contribution in [1.82, 2.24) is 8.61 Å². The highest BCUT2D eigenvalue weighted by Gasteiger charge is 2.33. The second-order valence-electron chi connectivity index (χ2n) is 4.48. The fourth-order valence-corrected chi connectivity index (χ4v) is 3.48. The number of hydrogen-bond donors (Lipinski definition) is 1. The zero-order chi connectivity index (χ0) is 13.1. The Morgan fingerprint density at radius 1 is 1.35 bits per heavy atom. The number of ether oxygens (including phenoxy) is 1. The molecule has 1 heterocycles. The minimum atomic E-state index is -3.42. The lowest BCUT2D eigenvalue weighted by molar-refractivity contribution is -0.0453. The van der Waals surface area contributed by atoms with E-state index in [0.29, 0.717) is 26.1 Å². The summed E-state index contributed by atoms with van der Waals surface area (Å²) in [6, 6.07) is 0. The van der Waals surface area contributed by atoms with Crippen LogP contribution in [0.2, 0.25) is 0 Å². The van der Waals surface area contributed by atoms with Crippen molar-refractivity contribution in [3.05, 3.63) is 0 Å². The minimum absolute atomic E-state index is 0.00419. The lowest BCUT2D eigenvalue weighted by atomic mass is 10.3. The summed E-state index contributed by atoms with van der Waals surface area (Å²) < 4.78 is 32.6. The Balaban J connectivity index is 2.68. The maximum atomic E-state index is 12.2. The van der Waals surface area contributed by atoms with Crippen LogP contribution in [-0.4, -0.2) is 67.6 Å². The maximum absolute atomic E-state index is 12.2.